The number of benzene rings is 2. The third-order valence-corrected chi connectivity index (χ3v) is 4.29. The maximum Gasteiger partial charge on any atom is 0.354 e. The predicted molar refractivity (Wildman–Crippen MR) is 99.7 cm³/mol. The molecule has 1 aliphatic rings. The lowest BCUT2D eigenvalue weighted by molar-refractivity contribution is -0.117. The number of para-hydroxylation sites is 1. The number of hydrogen-bond donors (Lipinski definition) is 1. The van der Waals surface area contributed by atoms with Crippen LogP contribution in [0.1, 0.15) is 11.4 Å². The van der Waals surface area contributed by atoms with Crippen LogP contribution in [0.15, 0.2) is 59.4 Å². The van der Waals surface area contributed by atoms with Crippen molar-refractivity contribution in [2.45, 2.75) is 13.1 Å². The highest BCUT2D eigenvalue weighted by Crippen LogP contribution is 2.21. The smallest absolute Gasteiger partial charge is 0.324 e. The van der Waals surface area contributed by atoms with Crippen molar-refractivity contribution >= 4 is 23.3 Å². The summed E-state index contributed by atoms with van der Waals surface area (Å²) in [5, 5.41) is 15.5. The van der Waals surface area contributed by atoms with Crippen molar-refractivity contribution in [3.8, 4) is 6.07 Å². The Bertz CT molecular complexity index is 1160. The van der Waals surface area contributed by atoms with Crippen molar-refractivity contribution in [3.63, 3.8) is 0 Å². The third-order valence-electron chi connectivity index (χ3n) is 4.29. The van der Waals surface area contributed by atoms with Gasteiger partial charge >= 0.3 is 11.7 Å². The van der Waals surface area contributed by atoms with Crippen LogP contribution >= 0.6 is 0 Å². The highest BCUT2D eigenvalue weighted by atomic mass is 16.2. The summed E-state index contributed by atoms with van der Waals surface area (Å²) in [4.78, 5) is 38.7. The summed E-state index contributed by atoms with van der Waals surface area (Å²) in [6.07, 6.45) is 0. The van der Waals surface area contributed by atoms with E-state index < -0.39 is 17.6 Å². The molecule has 0 saturated carbocycles. The second-order valence-corrected chi connectivity index (χ2v) is 6.13. The lowest BCUT2D eigenvalue weighted by Crippen LogP contribution is -2.36. The van der Waals surface area contributed by atoms with Gasteiger partial charge in [0.15, 0.2) is 5.82 Å². The first-order valence-corrected chi connectivity index (χ1v) is 8.42. The van der Waals surface area contributed by atoms with Gasteiger partial charge in [-0.05, 0) is 36.4 Å². The van der Waals surface area contributed by atoms with E-state index in [1.54, 1.807) is 48.5 Å². The first-order valence-electron chi connectivity index (χ1n) is 8.42. The Morgan fingerprint density at radius 3 is 2.46 bits per heavy atom. The highest BCUT2D eigenvalue weighted by Gasteiger charge is 2.33. The Morgan fingerprint density at radius 2 is 1.82 bits per heavy atom. The molecule has 2 heterocycles. The van der Waals surface area contributed by atoms with Gasteiger partial charge in [-0.15, -0.1) is 0 Å². The maximum atomic E-state index is 12.6. The lowest BCUT2D eigenvalue weighted by atomic mass is 10.2. The van der Waals surface area contributed by atoms with Gasteiger partial charge in [0, 0.05) is 11.4 Å². The van der Waals surface area contributed by atoms with Gasteiger partial charge in [0.25, 0.3) is 0 Å². The standard InChI is InChI=1S/C19H14N6O3/c20-10-13-6-8-14(9-7-13)21-17(26)12-24-19(28)25-16(22-24)11-23(18(25)27)15-4-2-1-3-5-15/h1-9H,11-12H2,(H,21,26). The van der Waals surface area contributed by atoms with E-state index in [-0.39, 0.29) is 18.9 Å². The molecule has 2 amide bonds. The molecule has 138 valence electrons. The van der Waals surface area contributed by atoms with Crippen LogP contribution in [0.4, 0.5) is 16.2 Å². The number of hydrogen-bond acceptors (Lipinski definition) is 5. The molecule has 0 bridgehead atoms. The number of fused-ring (bicyclic) bond motifs is 1. The molecule has 0 aliphatic carbocycles. The Hall–Kier alpha value is -4.19. The number of carbonyl (C=O) groups excluding carboxylic acids is 2. The summed E-state index contributed by atoms with van der Waals surface area (Å²) in [7, 11) is 0. The van der Waals surface area contributed by atoms with E-state index >= 15 is 0 Å². The molecular weight excluding hydrogens is 360 g/mol. The number of nitriles is 1. The van der Waals surface area contributed by atoms with Gasteiger partial charge in [-0.1, -0.05) is 18.2 Å². The average Bonchev–Trinajstić information content (AvgIpc) is 3.19. The van der Waals surface area contributed by atoms with Gasteiger partial charge in [-0.3, -0.25) is 9.69 Å². The molecule has 9 nitrogen and oxygen atoms in total. The number of nitrogens with one attached hydrogen (secondary N) is 1. The zero-order valence-corrected chi connectivity index (χ0v) is 14.6. The summed E-state index contributed by atoms with van der Waals surface area (Å²) in [5.74, 6) is -0.180. The highest BCUT2D eigenvalue weighted by molar-refractivity contribution is 5.96. The normalized spacial score (nSPS) is 12.5. The molecule has 0 atom stereocenters. The monoisotopic (exact) mass is 374 g/mol. The molecule has 0 fully saturated rings. The molecule has 0 radical (unpaired) electrons. The van der Waals surface area contributed by atoms with Crippen LogP contribution in [0.5, 0.6) is 0 Å². The molecule has 3 aromatic rings. The van der Waals surface area contributed by atoms with Gasteiger partial charge in [0.2, 0.25) is 5.91 Å². The van der Waals surface area contributed by atoms with E-state index in [4.69, 9.17) is 5.26 Å². The van der Waals surface area contributed by atoms with Crippen LogP contribution < -0.4 is 15.9 Å². The molecule has 1 aliphatic heterocycles. The van der Waals surface area contributed by atoms with Gasteiger partial charge in [-0.2, -0.15) is 14.9 Å². The third kappa shape index (κ3) is 3.03. The average molecular weight is 374 g/mol. The van der Waals surface area contributed by atoms with Gasteiger partial charge in [0.05, 0.1) is 18.2 Å². The quantitative estimate of drug-likeness (QED) is 0.744. The van der Waals surface area contributed by atoms with Gasteiger partial charge < -0.3 is 5.32 Å². The molecule has 0 unspecified atom stereocenters. The Labute approximate surface area is 159 Å². The van der Waals surface area contributed by atoms with Crippen molar-refractivity contribution in [3.05, 3.63) is 76.5 Å². The zero-order valence-electron chi connectivity index (χ0n) is 14.6. The van der Waals surface area contributed by atoms with Gasteiger partial charge in [-0.25, -0.2) is 14.3 Å². The molecule has 1 aromatic heterocycles. The van der Waals surface area contributed by atoms with Crippen LogP contribution in [0, 0.1) is 11.3 Å². The maximum absolute atomic E-state index is 12.6. The molecule has 2 aromatic carbocycles. The minimum absolute atomic E-state index is 0.155. The summed E-state index contributed by atoms with van der Waals surface area (Å²) in [6.45, 7) is -0.167. The topological polar surface area (TPSA) is 113 Å². The van der Waals surface area contributed by atoms with Crippen LogP contribution in [-0.4, -0.2) is 26.3 Å². The van der Waals surface area contributed by atoms with Crippen molar-refractivity contribution in [2.24, 2.45) is 0 Å². The fourth-order valence-electron chi connectivity index (χ4n) is 2.95. The summed E-state index contributed by atoms with van der Waals surface area (Å²) in [6, 6.07) is 16.8. The number of anilines is 2. The number of amides is 2. The number of rotatable bonds is 4. The van der Waals surface area contributed by atoms with E-state index in [0.717, 1.165) is 9.25 Å². The zero-order chi connectivity index (χ0) is 19.7. The summed E-state index contributed by atoms with van der Waals surface area (Å²) in [5.41, 5.74) is 0.979. The van der Waals surface area contributed by atoms with Gasteiger partial charge in [0.1, 0.15) is 6.54 Å². The SMILES string of the molecule is N#Cc1ccc(NC(=O)Cn2nc3n(c2=O)C(=O)N(c2ccccc2)C3)cc1. The van der Waals surface area contributed by atoms with Crippen molar-refractivity contribution < 1.29 is 9.59 Å². The van der Waals surface area contributed by atoms with Crippen molar-refractivity contribution in [1.82, 2.24) is 14.3 Å². The molecule has 4 rings (SSSR count). The van der Waals surface area contributed by atoms with Crippen molar-refractivity contribution in [2.75, 3.05) is 10.2 Å². The molecule has 0 saturated heterocycles. The predicted octanol–water partition coefficient (Wildman–Crippen LogP) is 1.54. The summed E-state index contributed by atoms with van der Waals surface area (Å²) < 4.78 is 1.94. The first kappa shape index (κ1) is 17.2. The number of carbonyl (C=O) groups is 2. The molecule has 0 spiro atoms. The molecule has 28 heavy (non-hydrogen) atoms. The second kappa shape index (κ2) is 6.85. The Morgan fingerprint density at radius 1 is 1.11 bits per heavy atom. The van der Waals surface area contributed by atoms with E-state index in [9.17, 15) is 14.4 Å². The Kier molecular flexibility index (Phi) is 4.21. The van der Waals surface area contributed by atoms with Crippen LogP contribution in [0.2, 0.25) is 0 Å². The summed E-state index contributed by atoms with van der Waals surface area (Å²) >= 11 is 0. The van der Waals surface area contributed by atoms with E-state index in [1.807, 2.05) is 12.1 Å². The van der Waals surface area contributed by atoms with E-state index in [2.05, 4.69) is 10.4 Å². The molecular formula is C19H14N6O3. The molecule has 1 N–H and O–H groups in total. The second-order valence-electron chi connectivity index (χ2n) is 6.13. The largest absolute Gasteiger partial charge is 0.354 e. The minimum atomic E-state index is -0.659. The van der Waals surface area contributed by atoms with E-state index in [1.165, 1.54) is 4.90 Å². The van der Waals surface area contributed by atoms with Crippen molar-refractivity contribution in [1.29, 1.82) is 5.26 Å². The fourth-order valence-corrected chi connectivity index (χ4v) is 2.95. The minimum Gasteiger partial charge on any atom is -0.324 e. The van der Waals surface area contributed by atoms with E-state index in [0.29, 0.717) is 16.9 Å². The Balaban J connectivity index is 1.49. The molecule has 9 heteroatoms. The number of nitrogens with zero attached hydrogens (tertiary/aromatic N) is 5. The van der Waals surface area contributed by atoms with Crippen LogP contribution in [-0.2, 0) is 17.9 Å². The first-order chi connectivity index (χ1) is 13.6. The fraction of sp³-hybridized carbons (Fsp3) is 0.105. The number of aromatic nitrogens is 3. The van der Waals surface area contributed by atoms with Crippen LogP contribution in [0.25, 0.3) is 0 Å². The van der Waals surface area contributed by atoms with Crippen LogP contribution in [0.3, 0.4) is 0 Å². The lowest BCUT2D eigenvalue weighted by Gasteiger charge is -2.14.